The van der Waals surface area contributed by atoms with Gasteiger partial charge in [0.1, 0.15) is 11.4 Å². The Labute approximate surface area is 171 Å². The summed E-state index contributed by atoms with van der Waals surface area (Å²) in [5.74, 6) is 2.02. The van der Waals surface area contributed by atoms with Gasteiger partial charge in [-0.15, -0.1) is 0 Å². The number of likely N-dealkylation sites (tertiary alicyclic amines) is 1. The first kappa shape index (κ1) is 19.0. The van der Waals surface area contributed by atoms with E-state index in [0.717, 1.165) is 36.6 Å². The maximum Gasteiger partial charge on any atom is 0.272 e. The molecule has 0 radical (unpaired) electrons. The van der Waals surface area contributed by atoms with Crippen LogP contribution >= 0.6 is 0 Å². The van der Waals surface area contributed by atoms with Crippen molar-refractivity contribution in [2.24, 2.45) is 5.92 Å². The van der Waals surface area contributed by atoms with Crippen LogP contribution in [0, 0.1) is 5.92 Å². The van der Waals surface area contributed by atoms with E-state index in [-0.39, 0.29) is 5.91 Å². The summed E-state index contributed by atoms with van der Waals surface area (Å²) in [6.07, 6.45) is 3.90. The molecule has 1 N–H and O–H groups in total. The molecule has 1 atom stereocenters. The third-order valence-electron chi connectivity index (χ3n) is 5.06. The number of piperidine rings is 1. The van der Waals surface area contributed by atoms with Crippen molar-refractivity contribution in [3.8, 4) is 11.5 Å². The summed E-state index contributed by atoms with van der Waals surface area (Å²) in [4.78, 5) is 19.1. The number of benzene rings is 2. The Morgan fingerprint density at radius 3 is 2.72 bits per heavy atom. The predicted octanol–water partition coefficient (Wildman–Crippen LogP) is 5.49. The van der Waals surface area contributed by atoms with E-state index in [1.165, 1.54) is 6.42 Å². The summed E-state index contributed by atoms with van der Waals surface area (Å²) in [7, 11) is 0. The maximum atomic E-state index is 12.9. The lowest BCUT2D eigenvalue weighted by molar-refractivity contribution is 0.0677. The Hall–Kier alpha value is -3.34. The van der Waals surface area contributed by atoms with E-state index in [1.54, 1.807) is 12.3 Å². The van der Waals surface area contributed by atoms with E-state index in [0.29, 0.717) is 17.4 Å². The fourth-order valence-electron chi connectivity index (χ4n) is 3.59. The second kappa shape index (κ2) is 8.78. The van der Waals surface area contributed by atoms with Gasteiger partial charge in [-0.25, -0.2) is 0 Å². The second-order valence-corrected chi connectivity index (χ2v) is 7.46. The fraction of sp³-hybridized carbons (Fsp3) is 0.250. The first-order valence-electron chi connectivity index (χ1n) is 10.0. The minimum absolute atomic E-state index is 0.00554. The quantitative estimate of drug-likeness (QED) is 0.629. The van der Waals surface area contributed by atoms with Crippen molar-refractivity contribution in [2.75, 3.05) is 18.4 Å². The van der Waals surface area contributed by atoms with Gasteiger partial charge in [-0.05, 0) is 55.2 Å². The van der Waals surface area contributed by atoms with Crippen LogP contribution in [-0.2, 0) is 0 Å². The monoisotopic (exact) mass is 387 g/mol. The fourth-order valence-corrected chi connectivity index (χ4v) is 3.59. The molecule has 4 rings (SSSR count). The first-order chi connectivity index (χ1) is 14.2. The number of rotatable bonds is 5. The smallest absolute Gasteiger partial charge is 0.272 e. The zero-order valence-electron chi connectivity index (χ0n) is 16.5. The zero-order chi connectivity index (χ0) is 20.1. The van der Waals surface area contributed by atoms with Crippen LogP contribution in [0.4, 0.5) is 11.4 Å². The Morgan fingerprint density at radius 2 is 1.90 bits per heavy atom. The highest BCUT2D eigenvalue weighted by Crippen LogP contribution is 2.31. The highest BCUT2D eigenvalue weighted by molar-refractivity contribution is 5.93. The molecule has 1 fully saturated rings. The lowest BCUT2D eigenvalue weighted by Crippen LogP contribution is -2.39. The summed E-state index contributed by atoms with van der Waals surface area (Å²) in [6.45, 7) is 3.79. The molecule has 1 aliphatic rings. The molecular formula is C24H25N3O2. The molecule has 29 heavy (non-hydrogen) atoms. The van der Waals surface area contributed by atoms with Crippen molar-refractivity contribution in [3.05, 3.63) is 78.6 Å². The Bertz CT molecular complexity index is 975. The van der Waals surface area contributed by atoms with Crippen molar-refractivity contribution < 1.29 is 9.53 Å². The van der Waals surface area contributed by atoms with Gasteiger partial charge in [-0.2, -0.15) is 0 Å². The standard InChI is InChI=1S/C24H25N3O2/c1-18-8-7-15-27(17-18)24(28)22-16-19(13-14-25-22)26-21-11-5-6-12-23(21)29-20-9-3-2-4-10-20/h2-6,9-14,16,18H,7-8,15,17H2,1H3,(H,25,26). The van der Waals surface area contributed by atoms with Gasteiger partial charge in [-0.3, -0.25) is 9.78 Å². The second-order valence-electron chi connectivity index (χ2n) is 7.46. The molecule has 5 nitrogen and oxygen atoms in total. The van der Waals surface area contributed by atoms with Gasteiger partial charge in [-0.1, -0.05) is 37.3 Å². The molecule has 0 aliphatic carbocycles. The van der Waals surface area contributed by atoms with Gasteiger partial charge >= 0.3 is 0 Å². The van der Waals surface area contributed by atoms with Crippen molar-refractivity contribution in [1.82, 2.24) is 9.88 Å². The lowest BCUT2D eigenvalue weighted by atomic mass is 10.00. The van der Waals surface area contributed by atoms with Crippen LogP contribution in [0.5, 0.6) is 11.5 Å². The van der Waals surface area contributed by atoms with Crippen molar-refractivity contribution >= 4 is 17.3 Å². The van der Waals surface area contributed by atoms with Gasteiger partial charge in [0.25, 0.3) is 5.91 Å². The van der Waals surface area contributed by atoms with Gasteiger partial charge in [0, 0.05) is 25.0 Å². The zero-order valence-corrected chi connectivity index (χ0v) is 16.5. The minimum atomic E-state index is -0.00554. The summed E-state index contributed by atoms with van der Waals surface area (Å²) in [5.41, 5.74) is 2.09. The van der Waals surface area contributed by atoms with E-state index in [2.05, 4.69) is 17.2 Å². The van der Waals surface area contributed by atoms with Crippen LogP contribution in [0.1, 0.15) is 30.3 Å². The molecule has 2 aromatic carbocycles. The number of pyridine rings is 1. The predicted molar refractivity (Wildman–Crippen MR) is 115 cm³/mol. The van der Waals surface area contributed by atoms with Crippen LogP contribution in [0.2, 0.25) is 0 Å². The highest BCUT2D eigenvalue weighted by Gasteiger charge is 2.23. The molecule has 0 spiro atoms. The average molecular weight is 387 g/mol. The molecule has 5 heteroatoms. The molecule has 1 unspecified atom stereocenters. The Balaban J connectivity index is 1.52. The van der Waals surface area contributed by atoms with E-state index < -0.39 is 0 Å². The van der Waals surface area contributed by atoms with E-state index in [4.69, 9.17) is 4.74 Å². The van der Waals surface area contributed by atoms with Crippen LogP contribution in [0.25, 0.3) is 0 Å². The number of para-hydroxylation sites is 3. The third kappa shape index (κ3) is 4.74. The molecule has 1 aliphatic heterocycles. The Morgan fingerprint density at radius 1 is 1.10 bits per heavy atom. The largest absolute Gasteiger partial charge is 0.455 e. The number of carbonyl (C=O) groups excluding carboxylic acids is 1. The summed E-state index contributed by atoms with van der Waals surface area (Å²) in [5, 5.41) is 3.36. The molecule has 0 bridgehead atoms. The number of nitrogens with zero attached hydrogens (tertiary/aromatic N) is 2. The summed E-state index contributed by atoms with van der Waals surface area (Å²) >= 11 is 0. The molecular weight excluding hydrogens is 362 g/mol. The van der Waals surface area contributed by atoms with Crippen LogP contribution in [0.3, 0.4) is 0 Å². The SMILES string of the molecule is CC1CCCN(C(=O)c2cc(Nc3ccccc3Oc3ccccc3)ccn2)C1. The van der Waals surface area contributed by atoms with Gasteiger partial charge < -0.3 is 15.0 Å². The van der Waals surface area contributed by atoms with Crippen LogP contribution in [-0.4, -0.2) is 28.9 Å². The molecule has 0 saturated carbocycles. The molecule has 1 aromatic heterocycles. The van der Waals surface area contributed by atoms with Gasteiger partial charge in [0.2, 0.25) is 0 Å². The first-order valence-corrected chi connectivity index (χ1v) is 10.0. The van der Waals surface area contributed by atoms with Crippen LogP contribution in [0.15, 0.2) is 72.9 Å². The number of nitrogens with one attached hydrogen (secondary N) is 1. The molecule has 148 valence electrons. The van der Waals surface area contributed by atoms with E-state index >= 15 is 0 Å². The number of ether oxygens (including phenoxy) is 1. The van der Waals surface area contributed by atoms with E-state index in [1.807, 2.05) is 65.6 Å². The van der Waals surface area contributed by atoms with Gasteiger partial charge in [0.05, 0.1) is 5.69 Å². The topological polar surface area (TPSA) is 54.5 Å². The maximum absolute atomic E-state index is 12.9. The number of hydrogen-bond donors (Lipinski definition) is 1. The van der Waals surface area contributed by atoms with Crippen LogP contribution < -0.4 is 10.1 Å². The van der Waals surface area contributed by atoms with Crippen molar-refractivity contribution in [2.45, 2.75) is 19.8 Å². The average Bonchev–Trinajstić information content (AvgIpc) is 2.75. The van der Waals surface area contributed by atoms with Crippen molar-refractivity contribution in [1.29, 1.82) is 0 Å². The highest BCUT2D eigenvalue weighted by atomic mass is 16.5. The lowest BCUT2D eigenvalue weighted by Gasteiger charge is -2.30. The number of amides is 1. The number of anilines is 2. The summed E-state index contributed by atoms with van der Waals surface area (Å²) < 4.78 is 6.01. The van der Waals surface area contributed by atoms with Gasteiger partial charge in [0.15, 0.2) is 5.75 Å². The number of carbonyl (C=O) groups is 1. The van der Waals surface area contributed by atoms with E-state index in [9.17, 15) is 4.79 Å². The molecule has 1 amide bonds. The molecule has 2 heterocycles. The minimum Gasteiger partial charge on any atom is -0.455 e. The number of hydrogen-bond acceptors (Lipinski definition) is 4. The normalized spacial score (nSPS) is 16.3. The number of aromatic nitrogens is 1. The molecule has 1 saturated heterocycles. The summed E-state index contributed by atoms with van der Waals surface area (Å²) in [6, 6.07) is 21.1. The Kier molecular flexibility index (Phi) is 5.75. The van der Waals surface area contributed by atoms with Crippen molar-refractivity contribution in [3.63, 3.8) is 0 Å². The third-order valence-corrected chi connectivity index (χ3v) is 5.06. The molecule has 3 aromatic rings.